The van der Waals surface area contributed by atoms with Gasteiger partial charge in [0.25, 0.3) is 0 Å². The van der Waals surface area contributed by atoms with E-state index in [1.807, 2.05) is 11.8 Å². The Hall–Kier alpha value is -1.06. The molecule has 1 aliphatic heterocycles. The van der Waals surface area contributed by atoms with Gasteiger partial charge in [-0.3, -0.25) is 13.6 Å². The van der Waals surface area contributed by atoms with Crippen LogP contribution in [0.5, 0.6) is 0 Å². The van der Waals surface area contributed by atoms with Crippen LogP contribution in [0.25, 0.3) is 10.9 Å². The summed E-state index contributed by atoms with van der Waals surface area (Å²) in [6, 6.07) is 7.58. The minimum absolute atomic E-state index is 0.715. The number of rotatable bonds is 5. The van der Waals surface area contributed by atoms with Crippen LogP contribution in [0.4, 0.5) is 0 Å². The van der Waals surface area contributed by atoms with Crippen molar-refractivity contribution in [1.29, 1.82) is 0 Å². The lowest BCUT2D eigenvalue weighted by molar-refractivity contribution is 0.0926. The predicted molar refractivity (Wildman–Crippen MR) is 115 cm³/mol. The van der Waals surface area contributed by atoms with Gasteiger partial charge in [-0.1, -0.05) is 19.1 Å². The van der Waals surface area contributed by atoms with Gasteiger partial charge in [0.1, 0.15) is 0 Å². The summed E-state index contributed by atoms with van der Waals surface area (Å²) in [5.74, 6) is 2.88. The smallest absolute Gasteiger partial charge is 0.361 e. The Bertz CT molecular complexity index is 897. The summed E-state index contributed by atoms with van der Waals surface area (Å²) < 4.78 is 29.7. The van der Waals surface area contributed by atoms with Crippen LogP contribution in [0, 0.1) is 5.92 Å². The van der Waals surface area contributed by atoms with Crippen LogP contribution in [-0.4, -0.2) is 61.1 Å². The van der Waals surface area contributed by atoms with Gasteiger partial charge in [-0.2, -0.15) is 20.2 Å². The Balaban J connectivity index is 0.000000330. The van der Waals surface area contributed by atoms with E-state index in [9.17, 15) is 8.42 Å². The topological polar surface area (TPSA) is 82.6 Å². The zero-order chi connectivity index (χ0) is 20.3. The van der Waals surface area contributed by atoms with Crippen molar-refractivity contribution >= 4 is 33.1 Å². The fraction of sp³-hybridized carbons (Fsp3) is 0.600. The quantitative estimate of drug-likeness (QED) is 0.710. The van der Waals surface area contributed by atoms with Crippen molar-refractivity contribution < 1.29 is 17.2 Å². The summed E-state index contributed by atoms with van der Waals surface area (Å²) in [4.78, 5) is 6.29. The van der Waals surface area contributed by atoms with Crippen molar-refractivity contribution in [1.82, 2.24) is 9.88 Å². The van der Waals surface area contributed by atoms with Gasteiger partial charge in [0.15, 0.2) is 0 Å². The first-order valence-electron chi connectivity index (χ1n) is 9.72. The van der Waals surface area contributed by atoms with E-state index in [1.165, 1.54) is 54.6 Å². The van der Waals surface area contributed by atoms with Crippen molar-refractivity contribution in [3.63, 3.8) is 0 Å². The highest BCUT2D eigenvalue weighted by Gasteiger charge is 2.40. The normalized spacial score (nSPS) is 24.5. The summed E-state index contributed by atoms with van der Waals surface area (Å²) in [7, 11) is -3.29. The number of thioether (sulfide) groups is 1. The lowest BCUT2D eigenvalue weighted by Gasteiger charge is -2.47. The van der Waals surface area contributed by atoms with Crippen LogP contribution in [-0.2, 0) is 21.0 Å². The van der Waals surface area contributed by atoms with Crippen LogP contribution in [0.3, 0.4) is 0 Å². The zero-order valence-electron chi connectivity index (χ0n) is 16.7. The van der Waals surface area contributed by atoms with Gasteiger partial charge in [-0.05, 0) is 60.9 Å². The summed E-state index contributed by atoms with van der Waals surface area (Å²) >= 11 is 2.01. The molecule has 0 radical (unpaired) electrons. The Kier molecular flexibility index (Phi) is 7.09. The molecule has 4 rings (SSSR count). The molecule has 0 saturated carbocycles. The van der Waals surface area contributed by atoms with E-state index in [4.69, 9.17) is 4.55 Å². The number of nitrogens with zero attached hydrogens (tertiary/aromatic N) is 1. The zero-order valence-corrected chi connectivity index (χ0v) is 18.4. The molecule has 156 valence electrons. The van der Waals surface area contributed by atoms with Gasteiger partial charge in [0.2, 0.25) is 0 Å². The van der Waals surface area contributed by atoms with E-state index < -0.39 is 10.4 Å². The van der Waals surface area contributed by atoms with Gasteiger partial charge in [-0.15, -0.1) is 0 Å². The minimum Gasteiger partial charge on any atom is -0.361 e. The molecule has 2 aromatic rings. The van der Waals surface area contributed by atoms with Crippen LogP contribution < -0.4 is 0 Å². The molecule has 1 aromatic heterocycles. The number of likely N-dealkylation sites (tertiary alicyclic amines) is 1. The van der Waals surface area contributed by atoms with Crippen molar-refractivity contribution in [2.24, 2.45) is 5.92 Å². The molecule has 0 amide bonds. The van der Waals surface area contributed by atoms with Crippen molar-refractivity contribution in [2.45, 2.75) is 38.1 Å². The van der Waals surface area contributed by atoms with Crippen molar-refractivity contribution in [3.05, 3.63) is 35.5 Å². The lowest BCUT2D eigenvalue weighted by atomic mass is 9.72. The van der Waals surface area contributed by atoms with E-state index in [2.05, 4.69) is 51.6 Å². The second-order valence-electron chi connectivity index (χ2n) is 7.61. The van der Waals surface area contributed by atoms with Gasteiger partial charge in [0.05, 0.1) is 7.11 Å². The average Bonchev–Trinajstić information content (AvgIpc) is 3.08. The predicted octanol–water partition coefficient (Wildman–Crippen LogP) is 3.71. The SMILES string of the molecule is CCCN1CC(CSC)C[C@@H]2c3cccc4[nH]cc(c34)CC21.COS(=O)(=O)O. The van der Waals surface area contributed by atoms with Crippen molar-refractivity contribution in [3.8, 4) is 0 Å². The molecule has 1 aliphatic carbocycles. The first-order chi connectivity index (χ1) is 13.4. The highest BCUT2D eigenvalue weighted by atomic mass is 32.3. The summed E-state index contributed by atoms with van der Waals surface area (Å²) in [5, 5.41) is 1.53. The van der Waals surface area contributed by atoms with Crippen LogP contribution in [0.1, 0.15) is 36.8 Å². The Morgan fingerprint density at radius 2 is 2.14 bits per heavy atom. The average molecular weight is 427 g/mol. The first kappa shape index (κ1) is 21.6. The summed E-state index contributed by atoms with van der Waals surface area (Å²) in [6.07, 6.45) is 8.37. The fourth-order valence-electron chi connectivity index (χ4n) is 4.80. The molecule has 2 unspecified atom stereocenters. The molecule has 2 heterocycles. The molecule has 6 nitrogen and oxygen atoms in total. The van der Waals surface area contributed by atoms with Gasteiger partial charge in [0, 0.05) is 35.6 Å². The Labute approximate surface area is 172 Å². The largest absolute Gasteiger partial charge is 0.397 e. The van der Waals surface area contributed by atoms with E-state index in [1.54, 1.807) is 5.56 Å². The molecule has 0 spiro atoms. The molecule has 28 heavy (non-hydrogen) atoms. The first-order valence-corrected chi connectivity index (χ1v) is 12.5. The molecular weight excluding hydrogens is 396 g/mol. The van der Waals surface area contributed by atoms with E-state index in [0.717, 1.165) is 18.9 Å². The third-order valence-electron chi connectivity index (χ3n) is 5.79. The van der Waals surface area contributed by atoms with E-state index in [0.29, 0.717) is 6.04 Å². The minimum atomic E-state index is -4.16. The van der Waals surface area contributed by atoms with Crippen LogP contribution >= 0.6 is 11.8 Å². The molecule has 1 saturated heterocycles. The molecule has 1 aromatic carbocycles. The number of aromatic nitrogens is 1. The molecular formula is C20H30N2O4S2. The summed E-state index contributed by atoms with van der Waals surface area (Å²) in [6.45, 7) is 4.87. The van der Waals surface area contributed by atoms with Gasteiger partial charge < -0.3 is 4.98 Å². The van der Waals surface area contributed by atoms with E-state index in [-0.39, 0.29) is 0 Å². The number of nitrogens with one attached hydrogen (secondary N) is 1. The van der Waals surface area contributed by atoms with Crippen LogP contribution in [0.15, 0.2) is 24.4 Å². The molecule has 2 N–H and O–H groups in total. The number of fused-ring (bicyclic) bond motifs is 2. The van der Waals surface area contributed by atoms with Gasteiger partial charge >= 0.3 is 10.4 Å². The molecule has 0 bridgehead atoms. The summed E-state index contributed by atoms with van der Waals surface area (Å²) in [5.41, 5.74) is 4.48. The molecule has 1 fully saturated rings. The third-order valence-corrected chi connectivity index (χ3v) is 7.01. The monoisotopic (exact) mass is 426 g/mol. The maximum Gasteiger partial charge on any atom is 0.397 e. The number of benzene rings is 1. The lowest BCUT2D eigenvalue weighted by Crippen LogP contribution is -2.50. The number of H-pyrrole nitrogens is 1. The number of aromatic amines is 1. The number of piperidine rings is 1. The molecule has 3 atom stereocenters. The standard InChI is InChI=1S/C19H26N2S.CH4O4S/c1-3-7-21-11-13(12-22-2)8-16-15-5-4-6-17-19(15)14(10-20-17)9-18(16)21;1-5-6(2,3)4/h4-6,10,13,16,18,20H,3,7-9,11-12H2,1-2H3;1H3,(H,2,3,4)/t13?,16-,18?;/m1./s1. The second-order valence-corrected chi connectivity index (χ2v) is 9.71. The highest BCUT2D eigenvalue weighted by molar-refractivity contribution is 7.98. The second kappa shape index (κ2) is 9.17. The maximum absolute atomic E-state index is 9.33. The van der Waals surface area contributed by atoms with Crippen molar-refractivity contribution in [2.75, 3.05) is 32.2 Å². The molecule has 2 aliphatic rings. The maximum atomic E-state index is 9.33. The third kappa shape index (κ3) is 4.74. The van der Waals surface area contributed by atoms with Crippen LogP contribution in [0.2, 0.25) is 0 Å². The van der Waals surface area contributed by atoms with E-state index >= 15 is 0 Å². The number of hydrogen-bond donors (Lipinski definition) is 2. The fourth-order valence-corrected chi connectivity index (χ4v) is 5.51. The Morgan fingerprint density at radius 3 is 2.79 bits per heavy atom. The number of hydrogen-bond acceptors (Lipinski definition) is 5. The highest BCUT2D eigenvalue weighted by Crippen LogP contribution is 2.45. The molecule has 8 heteroatoms. The van der Waals surface area contributed by atoms with Gasteiger partial charge in [-0.25, -0.2) is 0 Å². The Morgan fingerprint density at radius 1 is 1.39 bits per heavy atom.